The molecule has 1 fully saturated rings. The SMILES string of the molecule is O=C1NCc2c(-c3ccc(F)cc3F)cc(NC3CCNCC3)cc2N1c1c(Cl)cccc1Cl. The van der Waals surface area contributed by atoms with Gasteiger partial charge < -0.3 is 16.0 Å². The van der Waals surface area contributed by atoms with Crippen molar-refractivity contribution in [2.75, 3.05) is 23.3 Å². The molecular weight excluding hydrogens is 481 g/mol. The third-order valence-corrected chi connectivity index (χ3v) is 6.79. The molecule has 176 valence electrons. The molecular formula is C25H22Cl2F2N4O. The normalized spacial score (nSPS) is 16.2. The van der Waals surface area contributed by atoms with Crippen LogP contribution in [0.3, 0.4) is 0 Å². The lowest BCUT2D eigenvalue weighted by atomic mass is 9.94. The highest BCUT2D eigenvalue weighted by molar-refractivity contribution is 6.40. The van der Waals surface area contributed by atoms with Crippen molar-refractivity contribution in [3.05, 3.63) is 75.8 Å². The van der Waals surface area contributed by atoms with E-state index in [9.17, 15) is 13.6 Å². The zero-order chi connectivity index (χ0) is 23.8. The van der Waals surface area contributed by atoms with Gasteiger partial charge in [-0.2, -0.15) is 0 Å². The summed E-state index contributed by atoms with van der Waals surface area (Å²) in [6.07, 6.45) is 1.86. The predicted molar refractivity (Wildman–Crippen MR) is 132 cm³/mol. The van der Waals surface area contributed by atoms with Gasteiger partial charge in [-0.15, -0.1) is 0 Å². The number of urea groups is 1. The molecule has 0 radical (unpaired) electrons. The van der Waals surface area contributed by atoms with E-state index >= 15 is 0 Å². The lowest BCUT2D eigenvalue weighted by Crippen LogP contribution is -2.42. The molecule has 0 spiro atoms. The van der Waals surface area contributed by atoms with Crippen LogP contribution in [0.1, 0.15) is 18.4 Å². The maximum atomic E-state index is 14.9. The Morgan fingerprint density at radius 1 is 0.971 bits per heavy atom. The molecule has 2 amide bonds. The summed E-state index contributed by atoms with van der Waals surface area (Å²) >= 11 is 12.9. The number of rotatable bonds is 4. The van der Waals surface area contributed by atoms with Crippen molar-refractivity contribution >= 4 is 46.3 Å². The van der Waals surface area contributed by atoms with Crippen molar-refractivity contribution in [3.8, 4) is 11.1 Å². The average molecular weight is 503 g/mol. The van der Waals surface area contributed by atoms with E-state index in [1.165, 1.54) is 17.0 Å². The smallest absolute Gasteiger partial charge is 0.326 e. The van der Waals surface area contributed by atoms with Gasteiger partial charge in [0.15, 0.2) is 0 Å². The second-order valence-corrected chi connectivity index (χ2v) is 9.19. The Hall–Kier alpha value is -2.87. The van der Waals surface area contributed by atoms with E-state index in [1.54, 1.807) is 18.2 Å². The number of nitrogens with one attached hydrogen (secondary N) is 3. The van der Waals surface area contributed by atoms with E-state index in [4.69, 9.17) is 23.2 Å². The number of fused-ring (bicyclic) bond motifs is 1. The minimum Gasteiger partial charge on any atom is -0.382 e. The van der Waals surface area contributed by atoms with Crippen LogP contribution in [-0.2, 0) is 6.54 Å². The van der Waals surface area contributed by atoms with Crippen molar-refractivity contribution in [2.45, 2.75) is 25.4 Å². The third kappa shape index (κ3) is 4.31. The molecule has 0 saturated carbocycles. The molecule has 1 saturated heterocycles. The third-order valence-electron chi connectivity index (χ3n) is 6.18. The number of piperidine rings is 1. The van der Waals surface area contributed by atoms with Crippen LogP contribution in [0.15, 0.2) is 48.5 Å². The summed E-state index contributed by atoms with van der Waals surface area (Å²) in [4.78, 5) is 14.5. The number of nitrogens with zero attached hydrogens (tertiary/aromatic N) is 1. The topological polar surface area (TPSA) is 56.4 Å². The summed E-state index contributed by atoms with van der Waals surface area (Å²) in [5.74, 6) is -1.34. The molecule has 0 atom stereocenters. The zero-order valence-electron chi connectivity index (χ0n) is 18.1. The number of hydrogen-bond donors (Lipinski definition) is 3. The molecule has 2 aliphatic rings. The highest BCUT2D eigenvalue weighted by atomic mass is 35.5. The lowest BCUT2D eigenvalue weighted by Gasteiger charge is -2.34. The first-order chi connectivity index (χ1) is 16.4. The van der Waals surface area contributed by atoms with E-state index in [2.05, 4.69) is 16.0 Å². The van der Waals surface area contributed by atoms with Crippen molar-refractivity contribution in [3.63, 3.8) is 0 Å². The largest absolute Gasteiger partial charge is 0.382 e. The molecule has 3 aromatic carbocycles. The van der Waals surface area contributed by atoms with Gasteiger partial charge in [-0.1, -0.05) is 29.3 Å². The fourth-order valence-electron chi connectivity index (χ4n) is 4.55. The standard InChI is InChI=1S/C25H22Cl2F2N4O/c26-20-2-1-3-21(27)24(20)33-23-12-16(32-15-6-8-30-9-7-15)11-18(19(23)13-31-25(33)34)17-5-4-14(28)10-22(17)29/h1-5,10-12,15,30,32H,6-9,13H2,(H,31,34). The Labute approximate surface area is 206 Å². The summed E-state index contributed by atoms with van der Waals surface area (Å²) in [6.45, 7) is 1.96. The molecule has 5 rings (SSSR count). The number of anilines is 3. The number of benzene rings is 3. The minimum absolute atomic E-state index is 0.173. The van der Waals surface area contributed by atoms with Crippen LogP contribution in [0.2, 0.25) is 10.0 Å². The van der Waals surface area contributed by atoms with E-state index in [1.807, 2.05) is 12.1 Å². The second kappa shape index (κ2) is 9.41. The number of halogens is 4. The summed E-state index contributed by atoms with van der Waals surface area (Å²) in [5, 5.41) is 10.3. The van der Waals surface area contributed by atoms with E-state index < -0.39 is 17.7 Å². The van der Waals surface area contributed by atoms with Gasteiger partial charge in [0.25, 0.3) is 0 Å². The molecule has 0 bridgehead atoms. The number of carbonyl (C=O) groups excluding carboxylic acids is 1. The number of hydrogen-bond acceptors (Lipinski definition) is 3. The van der Waals surface area contributed by atoms with Crippen LogP contribution in [0, 0.1) is 11.6 Å². The fourth-order valence-corrected chi connectivity index (χ4v) is 5.12. The molecule has 3 aromatic rings. The number of para-hydroxylation sites is 1. The van der Waals surface area contributed by atoms with Gasteiger partial charge >= 0.3 is 6.03 Å². The van der Waals surface area contributed by atoms with Gasteiger partial charge in [-0.3, -0.25) is 4.90 Å². The Morgan fingerprint density at radius 3 is 2.41 bits per heavy atom. The summed E-state index contributed by atoms with van der Waals surface area (Å²) in [5.41, 5.74) is 3.09. The lowest BCUT2D eigenvalue weighted by molar-refractivity contribution is 0.247. The van der Waals surface area contributed by atoms with Gasteiger partial charge in [-0.05, 0) is 67.9 Å². The molecule has 34 heavy (non-hydrogen) atoms. The second-order valence-electron chi connectivity index (χ2n) is 8.38. The summed E-state index contributed by atoms with van der Waals surface area (Å²) < 4.78 is 28.6. The Kier molecular flexibility index (Phi) is 6.34. The van der Waals surface area contributed by atoms with Crippen LogP contribution in [-0.4, -0.2) is 25.2 Å². The van der Waals surface area contributed by atoms with Gasteiger partial charge in [0.1, 0.15) is 11.6 Å². The zero-order valence-corrected chi connectivity index (χ0v) is 19.6. The maximum absolute atomic E-state index is 14.9. The van der Waals surface area contributed by atoms with E-state index in [0.29, 0.717) is 32.5 Å². The van der Waals surface area contributed by atoms with Gasteiger partial charge in [-0.25, -0.2) is 13.6 Å². The van der Waals surface area contributed by atoms with Crippen LogP contribution in [0.25, 0.3) is 11.1 Å². The average Bonchev–Trinajstić information content (AvgIpc) is 2.80. The molecule has 2 aliphatic heterocycles. The minimum atomic E-state index is -0.680. The van der Waals surface area contributed by atoms with Crippen LogP contribution in [0.5, 0.6) is 0 Å². The number of carbonyl (C=O) groups is 1. The quantitative estimate of drug-likeness (QED) is 0.383. The molecule has 0 unspecified atom stereocenters. The monoisotopic (exact) mass is 502 g/mol. The van der Waals surface area contributed by atoms with E-state index in [-0.39, 0.29) is 18.2 Å². The first-order valence-corrected chi connectivity index (χ1v) is 11.8. The Bertz CT molecular complexity index is 1240. The van der Waals surface area contributed by atoms with Crippen LogP contribution in [0.4, 0.5) is 30.6 Å². The molecule has 9 heteroatoms. The predicted octanol–water partition coefficient (Wildman–Crippen LogP) is 6.46. The van der Waals surface area contributed by atoms with Crippen molar-refractivity contribution < 1.29 is 13.6 Å². The summed E-state index contributed by atoms with van der Waals surface area (Å²) in [7, 11) is 0. The first-order valence-electron chi connectivity index (χ1n) is 11.0. The molecule has 3 N–H and O–H groups in total. The van der Waals surface area contributed by atoms with Gasteiger partial charge in [0.05, 0.1) is 21.4 Å². The number of amides is 2. The Balaban J connectivity index is 1.71. The van der Waals surface area contributed by atoms with Gasteiger partial charge in [0, 0.05) is 35.5 Å². The van der Waals surface area contributed by atoms with Crippen LogP contribution < -0.4 is 20.9 Å². The van der Waals surface area contributed by atoms with Crippen LogP contribution >= 0.6 is 23.2 Å². The van der Waals surface area contributed by atoms with Crippen molar-refractivity contribution in [1.82, 2.24) is 10.6 Å². The summed E-state index contributed by atoms with van der Waals surface area (Å²) in [6, 6.07) is 12.0. The maximum Gasteiger partial charge on any atom is 0.326 e. The molecule has 5 nitrogen and oxygen atoms in total. The molecule has 2 heterocycles. The Morgan fingerprint density at radius 2 is 1.71 bits per heavy atom. The van der Waals surface area contributed by atoms with Crippen molar-refractivity contribution in [2.24, 2.45) is 0 Å². The fraction of sp³-hybridized carbons (Fsp3) is 0.240. The molecule has 0 aromatic heterocycles. The van der Waals surface area contributed by atoms with Crippen molar-refractivity contribution in [1.29, 1.82) is 0 Å². The molecule has 0 aliphatic carbocycles. The highest BCUT2D eigenvalue weighted by Gasteiger charge is 2.31. The highest BCUT2D eigenvalue weighted by Crippen LogP contribution is 2.45. The van der Waals surface area contributed by atoms with Gasteiger partial charge in [0.2, 0.25) is 0 Å². The first kappa shape index (κ1) is 22.9. The van der Waals surface area contributed by atoms with E-state index in [0.717, 1.165) is 37.7 Å².